The molecule has 0 aliphatic heterocycles. The topological polar surface area (TPSA) is 49.0 Å². The standard InChI is InChI=1S/C7H9F2N3O/c1-12(4-6(8)9)5-2-7(13)11-10-3-5/h2-3,6H,4H2,1H3,(H,11,13). The highest BCUT2D eigenvalue weighted by Gasteiger charge is 2.08. The van der Waals surface area contributed by atoms with Crippen LogP contribution in [0.4, 0.5) is 14.5 Å². The highest BCUT2D eigenvalue weighted by atomic mass is 19.3. The second-order valence-corrected chi connectivity index (χ2v) is 2.58. The van der Waals surface area contributed by atoms with Crippen molar-refractivity contribution in [1.82, 2.24) is 10.2 Å². The van der Waals surface area contributed by atoms with Crippen molar-refractivity contribution < 1.29 is 8.78 Å². The number of nitrogens with zero attached hydrogens (tertiary/aromatic N) is 2. The number of alkyl halides is 2. The van der Waals surface area contributed by atoms with Crippen LogP contribution in [-0.2, 0) is 0 Å². The average molecular weight is 189 g/mol. The zero-order valence-corrected chi connectivity index (χ0v) is 7.00. The molecule has 1 heterocycles. The number of anilines is 1. The van der Waals surface area contributed by atoms with Gasteiger partial charge in [0.15, 0.2) is 0 Å². The van der Waals surface area contributed by atoms with Gasteiger partial charge in [-0.25, -0.2) is 13.9 Å². The lowest BCUT2D eigenvalue weighted by atomic mass is 10.4. The van der Waals surface area contributed by atoms with E-state index in [9.17, 15) is 13.6 Å². The lowest BCUT2D eigenvalue weighted by Gasteiger charge is -2.16. The predicted octanol–water partition coefficient (Wildman–Crippen LogP) is 0.471. The summed E-state index contributed by atoms with van der Waals surface area (Å²) < 4.78 is 23.8. The van der Waals surface area contributed by atoms with Gasteiger partial charge < -0.3 is 4.90 Å². The third-order valence-electron chi connectivity index (χ3n) is 1.50. The van der Waals surface area contributed by atoms with Crippen LogP contribution in [0.2, 0.25) is 0 Å². The van der Waals surface area contributed by atoms with Gasteiger partial charge in [-0.15, -0.1) is 0 Å². The van der Waals surface area contributed by atoms with Crippen molar-refractivity contribution >= 4 is 5.69 Å². The van der Waals surface area contributed by atoms with E-state index in [2.05, 4.69) is 10.2 Å². The molecular formula is C7H9F2N3O. The number of hydrogen-bond donors (Lipinski definition) is 1. The first-order chi connectivity index (χ1) is 6.09. The van der Waals surface area contributed by atoms with Gasteiger partial charge in [-0.3, -0.25) is 4.79 Å². The molecule has 1 rings (SSSR count). The Kier molecular flexibility index (Phi) is 2.94. The number of aromatic nitrogens is 2. The first-order valence-corrected chi connectivity index (χ1v) is 3.63. The van der Waals surface area contributed by atoms with Crippen LogP contribution in [0.5, 0.6) is 0 Å². The van der Waals surface area contributed by atoms with Crippen LogP contribution in [0.3, 0.4) is 0 Å². The fourth-order valence-electron chi connectivity index (χ4n) is 0.887. The molecule has 1 aromatic heterocycles. The Bertz CT molecular complexity index is 326. The molecule has 0 fully saturated rings. The van der Waals surface area contributed by atoms with Crippen molar-refractivity contribution in [3.8, 4) is 0 Å². The minimum atomic E-state index is -2.43. The minimum absolute atomic E-state index is 0.379. The molecule has 72 valence electrons. The molecule has 13 heavy (non-hydrogen) atoms. The quantitative estimate of drug-likeness (QED) is 0.752. The Hall–Kier alpha value is -1.46. The molecule has 6 heteroatoms. The van der Waals surface area contributed by atoms with E-state index in [0.29, 0.717) is 5.69 Å². The van der Waals surface area contributed by atoms with Crippen molar-refractivity contribution in [2.75, 3.05) is 18.5 Å². The maximum atomic E-state index is 11.9. The molecule has 0 bridgehead atoms. The number of H-pyrrole nitrogens is 1. The Morgan fingerprint density at radius 2 is 2.38 bits per heavy atom. The molecule has 0 unspecified atom stereocenters. The summed E-state index contributed by atoms with van der Waals surface area (Å²) in [5.41, 5.74) is -0.0253. The van der Waals surface area contributed by atoms with E-state index >= 15 is 0 Å². The van der Waals surface area contributed by atoms with Crippen LogP contribution in [0.15, 0.2) is 17.1 Å². The lowest BCUT2D eigenvalue weighted by Crippen LogP contribution is -2.25. The Labute approximate surface area is 73.2 Å². The SMILES string of the molecule is CN(CC(F)F)c1cn[nH]c(=O)c1. The van der Waals surface area contributed by atoms with Crippen LogP contribution in [-0.4, -0.2) is 30.2 Å². The summed E-state index contributed by atoms with van der Waals surface area (Å²) >= 11 is 0. The number of hydrogen-bond acceptors (Lipinski definition) is 3. The van der Waals surface area contributed by atoms with Crippen molar-refractivity contribution in [3.63, 3.8) is 0 Å². The van der Waals surface area contributed by atoms with Crippen LogP contribution in [0.1, 0.15) is 0 Å². The molecule has 0 spiro atoms. The van der Waals surface area contributed by atoms with Gasteiger partial charge in [0.05, 0.1) is 18.4 Å². The van der Waals surface area contributed by atoms with Gasteiger partial charge in [0.25, 0.3) is 12.0 Å². The average Bonchev–Trinajstić information content (AvgIpc) is 2.03. The molecule has 0 saturated carbocycles. The molecule has 0 saturated heterocycles. The Balaban J connectivity index is 2.77. The summed E-state index contributed by atoms with van der Waals surface area (Å²) in [6, 6.07) is 1.22. The predicted molar refractivity (Wildman–Crippen MR) is 44.1 cm³/mol. The third-order valence-corrected chi connectivity index (χ3v) is 1.50. The Morgan fingerprint density at radius 1 is 1.69 bits per heavy atom. The summed E-state index contributed by atoms with van der Waals surface area (Å²) in [5, 5.41) is 5.65. The zero-order valence-electron chi connectivity index (χ0n) is 7.00. The van der Waals surface area contributed by atoms with E-state index in [0.717, 1.165) is 0 Å². The lowest BCUT2D eigenvalue weighted by molar-refractivity contribution is 0.156. The number of halogens is 2. The first kappa shape index (κ1) is 9.63. The molecule has 1 N–H and O–H groups in total. The van der Waals surface area contributed by atoms with E-state index in [4.69, 9.17) is 0 Å². The monoisotopic (exact) mass is 189 g/mol. The molecule has 0 aromatic carbocycles. The van der Waals surface area contributed by atoms with Crippen LogP contribution in [0, 0.1) is 0 Å². The number of nitrogens with one attached hydrogen (secondary N) is 1. The maximum Gasteiger partial charge on any atom is 0.266 e. The van der Waals surface area contributed by atoms with Crippen LogP contribution >= 0.6 is 0 Å². The highest BCUT2D eigenvalue weighted by molar-refractivity contribution is 5.41. The molecule has 4 nitrogen and oxygen atoms in total. The highest BCUT2D eigenvalue weighted by Crippen LogP contribution is 2.08. The molecular weight excluding hydrogens is 180 g/mol. The molecule has 0 aliphatic rings. The van der Waals surface area contributed by atoms with Gasteiger partial charge in [0, 0.05) is 13.1 Å². The molecule has 0 aliphatic carbocycles. The molecule has 0 radical (unpaired) electrons. The normalized spacial score (nSPS) is 10.5. The first-order valence-electron chi connectivity index (χ1n) is 3.63. The van der Waals surface area contributed by atoms with E-state index in [-0.39, 0.29) is 0 Å². The van der Waals surface area contributed by atoms with E-state index in [1.54, 1.807) is 0 Å². The van der Waals surface area contributed by atoms with Crippen molar-refractivity contribution in [2.45, 2.75) is 6.43 Å². The molecule has 0 amide bonds. The summed E-state index contributed by atoms with van der Waals surface area (Å²) in [5.74, 6) is 0. The van der Waals surface area contributed by atoms with E-state index < -0.39 is 18.5 Å². The fourth-order valence-corrected chi connectivity index (χ4v) is 0.887. The summed E-state index contributed by atoms with van der Waals surface area (Å²) in [4.78, 5) is 12.0. The summed E-state index contributed by atoms with van der Waals surface area (Å²) in [6.45, 7) is -0.412. The van der Waals surface area contributed by atoms with E-state index in [1.165, 1.54) is 24.2 Å². The number of aromatic amines is 1. The summed E-state index contributed by atoms with van der Waals surface area (Å²) in [7, 11) is 1.47. The molecule has 1 aromatic rings. The zero-order chi connectivity index (χ0) is 9.84. The maximum absolute atomic E-state index is 11.9. The second-order valence-electron chi connectivity index (χ2n) is 2.58. The van der Waals surface area contributed by atoms with Gasteiger partial charge in [-0.2, -0.15) is 5.10 Å². The second kappa shape index (κ2) is 3.97. The smallest absolute Gasteiger partial charge is 0.266 e. The number of rotatable bonds is 3. The van der Waals surface area contributed by atoms with Gasteiger partial charge in [0.1, 0.15) is 0 Å². The van der Waals surface area contributed by atoms with Crippen molar-refractivity contribution in [2.24, 2.45) is 0 Å². The van der Waals surface area contributed by atoms with Crippen LogP contribution < -0.4 is 10.5 Å². The van der Waals surface area contributed by atoms with Gasteiger partial charge in [0.2, 0.25) is 0 Å². The van der Waals surface area contributed by atoms with Crippen molar-refractivity contribution in [1.29, 1.82) is 0 Å². The van der Waals surface area contributed by atoms with Gasteiger partial charge in [-0.05, 0) is 0 Å². The van der Waals surface area contributed by atoms with Crippen LogP contribution in [0.25, 0.3) is 0 Å². The largest absolute Gasteiger partial charge is 0.367 e. The van der Waals surface area contributed by atoms with Gasteiger partial charge >= 0.3 is 0 Å². The van der Waals surface area contributed by atoms with E-state index in [1.807, 2.05) is 0 Å². The minimum Gasteiger partial charge on any atom is -0.367 e. The molecule has 0 atom stereocenters. The third kappa shape index (κ3) is 2.81. The summed E-state index contributed by atoms with van der Waals surface area (Å²) in [6.07, 6.45) is -1.10. The van der Waals surface area contributed by atoms with Crippen molar-refractivity contribution in [3.05, 3.63) is 22.6 Å². The fraction of sp³-hybridized carbons (Fsp3) is 0.429. The van der Waals surface area contributed by atoms with Gasteiger partial charge in [-0.1, -0.05) is 0 Å². The Morgan fingerprint density at radius 3 is 2.92 bits per heavy atom.